The Balaban J connectivity index is 1.97. The molecule has 3 heteroatoms. The molecule has 0 aliphatic carbocycles. The van der Waals surface area contributed by atoms with Crippen molar-refractivity contribution in [1.29, 1.82) is 0 Å². The molecule has 3 nitrogen and oxygen atoms in total. The monoisotopic (exact) mass is 290 g/mol. The highest BCUT2D eigenvalue weighted by atomic mass is 16.5. The summed E-state index contributed by atoms with van der Waals surface area (Å²) >= 11 is 0. The molecule has 0 bridgehead atoms. The van der Waals surface area contributed by atoms with Crippen molar-refractivity contribution in [3.63, 3.8) is 0 Å². The number of nitrogens with zero attached hydrogens (tertiary/aromatic N) is 1. The van der Waals surface area contributed by atoms with Gasteiger partial charge in [-0.25, -0.2) is 0 Å². The first-order valence-electron chi connectivity index (χ1n) is 8.34. The summed E-state index contributed by atoms with van der Waals surface area (Å²) < 4.78 is 5.72. The molecule has 2 rings (SSSR count). The third kappa shape index (κ3) is 4.72. The van der Waals surface area contributed by atoms with Crippen molar-refractivity contribution >= 4 is 0 Å². The molecule has 1 fully saturated rings. The molecule has 118 valence electrons. The zero-order chi connectivity index (χ0) is 15.2. The quantitative estimate of drug-likeness (QED) is 0.830. The molecular weight excluding hydrogens is 260 g/mol. The average molecular weight is 290 g/mol. The van der Waals surface area contributed by atoms with Crippen LogP contribution in [0.3, 0.4) is 0 Å². The van der Waals surface area contributed by atoms with Crippen molar-refractivity contribution in [2.24, 2.45) is 0 Å². The van der Waals surface area contributed by atoms with Gasteiger partial charge in [0, 0.05) is 18.6 Å². The van der Waals surface area contributed by atoms with Crippen LogP contribution >= 0.6 is 0 Å². The molecule has 2 unspecified atom stereocenters. The number of ether oxygens (including phenoxy) is 1. The van der Waals surface area contributed by atoms with Crippen LogP contribution in [0.1, 0.15) is 52.1 Å². The lowest BCUT2D eigenvalue weighted by atomic mass is 10.1. The molecule has 0 spiro atoms. The number of benzene rings is 1. The van der Waals surface area contributed by atoms with Crippen LogP contribution in [-0.2, 0) is 0 Å². The van der Waals surface area contributed by atoms with Crippen molar-refractivity contribution in [2.75, 3.05) is 19.6 Å². The van der Waals surface area contributed by atoms with E-state index in [9.17, 15) is 0 Å². The van der Waals surface area contributed by atoms with Gasteiger partial charge in [0.2, 0.25) is 0 Å². The van der Waals surface area contributed by atoms with Crippen LogP contribution in [0, 0.1) is 0 Å². The highest BCUT2D eigenvalue weighted by Gasteiger charge is 2.21. The minimum absolute atomic E-state index is 0.230. The van der Waals surface area contributed by atoms with E-state index in [4.69, 9.17) is 4.74 Å². The molecule has 1 saturated heterocycles. The second-order valence-electron chi connectivity index (χ2n) is 6.29. The van der Waals surface area contributed by atoms with E-state index in [0.29, 0.717) is 12.1 Å². The van der Waals surface area contributed by atoms with Crippen molar-refractivity contribution in [1.82, 2.24) is 10.2 Å². The van der Waals surface area contributed by atoms with Gasteiger partial charge < -0.3 is 10.1 Å². The number of hydrogen-bond acceptors (Lipinski definition) is 3. The normalized spacial score (nSPS) is 20.2. The van der Waals surface area contributed by atoms with Gasteiger partial charge in [0.1, 0.15) is 5.75 Å². The van der Waals surface area contributed by atoms with Gasteiger partial charge in [0.05, 0.1) is 6.10 Å². The Bertz CT molecular complexity index is 410. The van der Waals surface area contributed by atoms with Gasteiger partial charge in [-0.05, 0) is 64.4 Å². The molecule has 1 aromatic carbocycles. The van der Waals surface area contributed by atoms with E-state index in [1.54, 1.807) is 0 Å². The fourth-order valence-electron chi connectivity index (χ4n) is 3.06. The van der Waals surface area contributed by atoms with Gasteiger partial charge in [0.25, 0.3) is 0 Å². The summed E-state index contributed by atoms with van der Waals surface area (Å²) in [5, 5.41) is 3.60. The van der Waals surface area contributed by atoms with Crippen molar-refractivity contribution in [3.8, 4) is 5.75 Å². The van der Waals surface area contributed by atoms with E-state index in [2.05, 4.69) is 62.2 Å². The Morgan fingerprint density at radius 1 is 1.24 bits per heavy atom. The lowest BCUT2D eigenvalue weighted by Gasteiger charge is -2.30. The largest absolute Gasteiger partial charge is 0.491 e. The fraction of sp³-hybridized carbons (Fsp3) is 0.667. The van der Waals surface area contributed by atoms with Crippen LogP contribution in [0.25, 0.3) is 0 Å². The number of hydrogen-bond donors (Lipinski definition) is 1. The van der Waals surface area contributed by atoms with Gasteiger partial charge >= 0.3 is 0 Å². The van der Waals surface area contributed by atoms with Gasteiger partial charge in [0.15, 0.2) is 0 Å². The van der Waals surface area contributed by atoms with Crippen molar-refractivity contribution < 1.29 is 4.74 Å². The summed E-state index contributed by atoms with van der Waals surface area (Å²) in [5.74, 6) is 0.960. The van der Waals surface area contributed by atoms with Crippen LogP contribution in [0.4, 0.5) is 0 Å². The topological polar surface area (TPSA) is 24.5 Å². The van der Waals surface area contributed by atoms with Gasteiger partial charge in [-0.1, -0.05) is 19.1 Å². The van der Waals surface area contributed by atoms with Crippen LogP contribution in [0.15, 0.2) is 24.3 Å². The van der Waals surface area contributed by atoms with Gasteiger partial charge in [-0.2, -0.15) is 0 Å². The summed E-state index contributed by atoms with van der Waals surface area (Å²) in [6.07, 6.45) is 2.86. The first kappa shape index (κ1) is 16.3. The second-order valence-corrected chi connectivity index (χ2v) is 6.29. The number of rotatable bonds is 7. The van der Waals surface area contributed by atoms with E-state index < -0.39 is 0 Å². The molecule has 1 aliphatic heterocycles. The van der Waals surface area contributed by atoms with Crippen molar-refractivity contribution in [2.45, 2.75) is 58.7 Å². The van der Waals surface area contributed by atoms with E-state index in [1.165, 1.54) is 24.9 Å². The van der Waals surface area contributed by atoms with Crippen LogP contribution in [0.5, 0.6) is 5.75 Å². The SMILES string of the molecule is CCN(CC1CCCN1)C(C)c1ccc(OC(C)C)cc1. The molecule has 21 heavy (non-hydrogen) atoms. The third-order valence-electron chi connectivity index (χ3n) is 4.31. The summed E-state index contributed by atoms with van der Waals surface area (Å²) in [6, 6.07) is 9.70. The third-order valence-corrected chi connectivity index (χ3v) is 4.31. The Morgan fingerprint density at radius 2 is 1.95 bits per heavy atom. The molecule has 1 aliphatic rings. The summed E-state index contributed by atoms with van der Waals surface area (Å²) in [7, 11) is 0. The van der Waals surface area contributed by atoms with Crippen LogP contribution < -0.4 is 10.1 Å². The molecular formula is C18H30N2O. The highest BCUT2D eigenvalue weighted by molar-refractivity contribution is 5.29. The lowest BCUT2D eigenvalue weighted by Crippen LogP contribution is -2.38. The maximum atomic E-state index is 5.72. The van der Waals surface area contributed by atoms with E-state index >= 15 is 0 Å². The standard InChI is InChI=1S/C18H30N2O/c1-5-20(13-17-7-6-12-19-17)15(4)16-8-10-18(11-9-16)21-14(2)3/h8-11,14-15,17,19H,5-7,12-13H2,1-4H3. The highest BCUT2D eigenvalue weighted by Crippen LogP contribution is 2.24. The predicted molar refractivity (Wildman–Crippen MR) is 88.9 cm³/mol. The molecule has 1 heterocycles. The predicted octanol–water partition coefficient (Wildman–Crippen LogP) is 3.61. The lowest BCUT2D eigenvalue weighted by molar-refractivity contribution is 0.202. The average Bonchev–Trinajstić information content (AvgIpc) is 2.97. The Hall–Kier alpha value is -1.06. The molecule has 0 aromatic heterocycles. The number of likely N-dealkylation sites (N-methyl/N-ethyl adjacent to an activating group) is 1. The van der Waals surface area contributed by atoms with Crippen molar-refractivity contribution in [3.05, 3.63) is 29.8 Å². The van der Waals surface area contributed by atoms with E-state index in [0.717, 1.165) is 18.8 Å². The molecule has 0 saturated carbocycles. The van der Waals surface area contributed by atoms with E-state index in [1.807, 2.05) is 0 Å². The first-order chi connectivity index (χ1) is 10.1. The molecule has 2 atom stereocenters. The zero-order valence-corrected chi connectivity index (χ0v) is 13.9. The minimum Gasteiger partial charge on any atom is -0.491 e. The number of nitrogens with one attached hydrogen (secondary N) is 1. The summed E-state index contributed by atoms with van der Waals surface area (Å²) in [6.45, 7) is 12.1. The first-order valence-corrected chi connectivity index (χ1v) is 8.34. The second kappa shape index (κ2) is 7.81. The summed E-state index contributed by atoms with van der Waals surface area (Å²) in [5.41, 5.74) is 1.37. The maximum absolute atomic E-state index is 5.72. The molecule has 0 amide bonds. The fourth-order valence-corrected chi connectivity index (χ4v) is 3.06. The summed E-state index contributed by atoms with van der Waals surface area (Å²) in [4.78, 5) is 2.56. The van der Waals surface area contributed by atoms with Gasteiger partial charge in [-0.15, -0.1) is 0 Å². The smallest absolute Gasteiger partial charge is 0.119 e. The zero-order valence-electron chi connectivity index (χ0n) is 13.9. The van der Waals surface area contributed by atoms with Gasteiger partial charge in [-0.3, -0.25) is 4.90 Å². The Labute approximate surface area is 129 Å². The van der Waals surface area contributed by atoms with Crippen LogP contribution in [0.2, 0.25) is 0 Å². The minimum atomic E-state index is 0.230. The maximum Gasteiger partial charge on any atom is 0.119 e. The van der Waals surface area contributed by atoms with E-state index in [-0.39, 0.29) is 6.10 Å². The Kier molecular flexibility index (Phi) is 6.07. The van der Waals surface area contributed by atoms with Crippen LogP contribution in [-0.4, -0.2) is 36.7 Å². The molecule has 1 aromatic rings. The Morgan fingerprint density at radius 3 is 2.48 bits per heavy atom. The molecule has 1 N–H and O–H groups in total. The molecule has 0 radical (unpaired) electrons.